The Balaban J connectivity index is 2.31. The van der Waals surface area contributed by atoms with Gasteiger partial charge in [-0.3, -0.25) is 0 Å². The summed E-state index contributed by atoms with van der Waals surface area (Å²) >= 11 is 0. The van der Waals surface area contributed by atoms with Gasteiger partial charge < -0.3 is 4.74 Å². The summed E-state index contributed by atoms with van der Waals surface area (Å²) in [6.07, 6.45) is 1.38. The number of esters is 1. The average Bonchev–Trinajstić information content (AvgIpc) is 2.94. The van der Waals surface area contributed by atoms with Crippen molar-refractivity contribution in [2.45, 2.75) is 39.4 Å². The molecule has 0 N–H and O–H groups in total. The van der Waals surface area contributed by atoms with Gasteiger partial charge in [-0.2, -0.15) is 5.10 Å². The second-order valence-electron chi connectivity index (χ2n) is 6.29. The van der Waals surface area contributed by atoms with Gasteiger partial charge in [0.25, 0.3) is 0 Å². The van der Waals surface area contributed by atoms with Gasteiger partial charge in [-0.05, 0) is 37.5 Å². The third-order valence-electron chi connectivity index (χ3n) is 4.29. The zero-order chi connectivity index (χ0) is 18.9. The summed E-state index contributed by atoms with van der Waals surface area (Å²) in [6, 6.07) is 7.68. The van der Waals surface area contributed by atoms with Crippen LogP contribution in [0.15, 0.2) is 29.7 Å². The molecule has 2 aromatic rings. The normalized spacial score (nSPS) is 15.3. The molecule has 0 fully saturated rings. The molecule has 0 radical (unpaired) electrons. The van der Waals surface area contributed by atoms with Gasteiger partial charge in [-0.25, -0.2) is 17.9 Å². The lowest BCUT2D eigenvalue weighted by atomic mass is 10.0. The maximum atomic E-state index is 12.4. The molecule has 138 valence electrons. The first-order valence-corrected chi connectivity index (χ1v) is 10.4. The minimum atomic E-state index is -3.44. The van der Waals surface area contributed by atoms with Crippen molar-refractivity contribution in [2.24, 2.45) is 0 Å². The number of hydrogen-bond donors (Lipinski definition) is 0. The number of aromatic nitrogens is 2. The summed E-state index contributed by atoms with van der Waals surface area (Å²) in [6.45, 7) is 5.86. The lowest BCUT2D eigenvalue weighted by Gasteiger charge is -2.17. The summed E-state index contributed by atoms with van der Waals surface area (Å²) in [7, 11) is -3.44. The largest absolute Gasteiger partial charge is 0.461 e. The maximum absolute atomic E-state index is 12.4. The third-order valence-corrected chi connectivity index (χ3v) is 5.62. The number of hydrogen-bond acceptors (Lipinski definition) is 5. The lowest BCUT2D eigenvalue weighted by Crippen LogP contribution is -2.14. The summed E-state index contributed by atoms with van der Waals surface area (Å²) in [5.41, 5.74) is 3.69. The SMILES string of the molecule is CCCC1=CS(=O)(=O)Cc2c(C(=O)OCC)nn(-c3ccccc3C)c21. The summed E-state index contributed by atoms with van der Waals surface area (Å²) in [5.74, 6) is -0.834. The highest BCUT2D eigenvalue weighted by atomic mass is 32.2. The summed E-state index contributed by atoms with van der Waals surface area (Å²) in [5, 5.41) is 5.80. The molecule has 7 heteroatoms. The average molecular weight is 374 g/mol. The summed E-state index contributed by atoms with van der Waals surface area (Å²) < 4.78 is 31.6. The third kappa shape index (κ3) is 3.31. The van der Waals surface area contributed by atoms with Crippen molar-refractivity contribution in [3.8, 4) is 5.69 Å². The number of allylic oxidation sites excluding steroid dienone is 1. The molecule has 0 unspecified atom stereocenters. The van der Waals surface area contributed by atoms with E-state index < -0.39 is 15.8 Å². The number of fused-ring (bicyclic) bond motifs is 1. The standard InChI is InChI=1S/C19H22N2O4S/c1-4-8-14-11-26(23,24)12-15-17(19(22)25-5-2)20-21(18(14)15)16-10-7-6-9-13(16)3/h6-7,9-11H,4-5,8,12H2,1-3H3. The molecule has 0 atom stereocenters. The van der Waals surface area contributed by atoms with Gasteiger partial charge in [0.1, 0.15) is 0 Å². The van der Waals surface area contributed by atoms with Crippen LogP contribution in [0.1, 0.15) is 54.0 Å². The fraction of sp³-hybridized carbons (Fsp3) is 0.368. The Morgan fingerprint density at radius 2 is 2.00 bits per heavy atom. The highest BCUT2D eigenvalue weighted by molar-refractivity contribution is 7.93. The van der Waals surface area contributed by atoms with Crippen LogP contribution in [-0.2, 0) is 20.3 Å². The maximum Gasteiger partial charge on any atom is 0.359 e. The van der Waals surface area contributed by atoms with E-state index in [-0.39, 0.29) is 18.1 Å². The topological polar surface area (TPSA) is 78.3 Å². The van der Waals surface area contributed by atoms with Crippen LogP contribution in [-0.4, -0.2) is 30.8 Å². The fourth-order valence-corrected chi connectivity index (χ4v) is 4.64. The van der Waals surface area contributed by atoms with Crippen molar-refractivity contribution in [1.82, 2.24) is 9.78 Å². The number of benzene rings is 1. The van der Waals surface area contributed by atoms with Gasteiger partial charge in [0.05, 0.1) is 23.7 Å². The van der Waals surface area contributed by atoms with E-state index >= 15 is 0 Å². The van der Waals surface area contributed by atoms with Gasteiger partial charge in [-0.15, -0.1) is 0 Å². The molecule has 1 aromatic carbocycles. The van der Waals surface area contributed by atoms with Gasteiger partial charge in [0.15, 0.2) is 15.5 Å². The number of aryl methyl sites for hydroxylation is 1. The fourth-order valence-electron chi connectivity index (χ4n) is 3.22. The van der Waals surface area contributed by atoms with Crippen LogP contribution in [0.5, 0.6) is 0 Å². The number of sulfone groups is 1. The first-order chi connectivity index (χ1) is 12.4. The monoisotopic (exact) mass is 374 g/mol. The van der Waals surface area contributed by atoms with Gasteiger partial charge in [-0.1, -0.05) is 31.5 Å². The molecule has 6 nitrogen and oxygen atoms in total. The minimum Gasteiger partial charge on any atom is -0.461 e. The number of carbonyl (C=O) groups is 1. The Morgan fingerprint density at radius 3 is 2.65 bits per heavy atom. The van der Waals surface area contributed by atoms with E-state index in [9.17, 15) is 13.2 Å². The molecular weight excluding hydrogens is 352 g/mol. The number of ether oxygens (including phenoxy) is 1. The quantitative estimate of drug-likeness (QED) is 0.749. The first kappa shape index (κ1) is 18.4. The first-order valence-electron chi connectivity index (χ1n) is 8.66. The number of para-hydroxylation sites is 1. The molecule has 0 bridgehead atoms. The second kappa shape index (κ2) is 7.07. The van der Waals surface area contributed by atoms with Crippen LogP contribution in [0.3, 0.4) is 0 Å². The smallest absolute Gasteiger partial charge is 0.359 e. The van der Waals surface area contributed by atoms with Crippen LogP contribution >= 0.6 is 0 Å². The van der Waals surface area contributed by atoms with Crippen LogP contribution in [0.25, 0.3) is 11.3 Å². The van der Waals surface area contributed by atoms with Crippen LogP contribution < -0.4 is 0 Å². The predicted octanol–water partition coefficient (Wildman–Crippen LogP) is 3.43. The lowest BCUT2D eigenvalue weighted by molar-refractivity contribution is 0.0518. The molecule has 1 aromatic heterocycles. The van der Waals surface area contributed by atoms with Crippen molar-refractivity contribution in [2.75, 3.05) is 6.61 Å². The molecule has 26 heavy (non-hydrogen) atoms. The van der Waals surface area contributed by atoms with E-state index in [1.54, 1.807) is 11.6 Å². The Labute approximate surface area is 153 Å². The predicted molar refractivity (Wildman–Crippen MR) is 99.8 cm³/mol. The zero-order valence-corrected chi connectivity index (χ0v) is 16.0. The van der Waals surface area contributed by atoms with Gasteiger partial charge >= 0.3 is 5.97 Å². The molecule has 2 heterocycles. The highest BCUT2D eigenvalue weighted by Crippen LogP contribution is 2.35. The second-order valence-corrected chi connectivity index (χ2v) is 8.14. The van der Waals surface area contributed by atoms with E-state index in [0.29, 0.717) is 23.3 Å². The molecule has 1 aliphatic heterocycles. The molecule has 0 saturated carbocycles. The molecule has 0 spiro atoms. The van der Waals surface area contributed by atoms with E-state index in [0.717, 1.165) is 17.7 Å². The highest BCUT2D eigenvalue weighted by Gasteiger charge is 2.33. The van der Waals surface area contributed by atoms with E-state index in [2.05, 4.69) is 5.10 Å². The molecular formula is C19H22N2O4S. The zero-order valence-electron chi connectivity index (χ0n) is 15.2. The Hall–Kier alpha value is -2.41. The van der Waals surface area contributed by atoms with Crippen molar-refractivity contribution in [1.29, 1.82) is 0 Å². The van der Waals surface area contributed by atoms with Gasteiger partial charge in [0.2, 0.25) is 0 Å². The Kier molecular flexibility index (Phi) is 5.00. The minimum absolute atomic E-state index is 0.0791. The number of carbonyl (C=O) groups excluding carboxylic acids is 1. The molecule has 0 amide bonds. The number of nitrogens with zero attached hydrogens (tertiary/aromatic N) is 2. The molecule has 0 saturated heterocycles. The Morgan fingerprint density at radius 1 is 1.27 bits per heavy atom. The van der Waals surface area contributed by atoms with Crippen LogP contribution in [0.4, 0.5) is 0 Å². The van der Waals surface area contributed by atoms with E-state index in [4.69, 9.17) is 4.74 Å². The van der Waals surface area contributed by atoms with Crippen molar-refractivity contribution in [3.63, 3.8) is 0 Å². The molecule has 1 aliphatic rings. The van der Waals surface area contributed by atoms with Crippen molar-refractivity contribution in [3.05, 3.63) is 52.2 Å². The van der Waals surface area contributed by atoms with Crippen molar-refractivity contribution < 1.29 is 17.9 Å². The van der Waals surface area contributed by atoms with Crippen molar-refractivity contribution >= 4 is 21.4 Å². The van der Waals surface area contributed by atoms with E-state index in [1.165, 1.54) is 5.41 Å². The van der Waals surface area contributed by atoms with E-state index in [1.807, 2.05) is 38.1 Å². The molecule has 0 aliphatic carbocycles. The van der Waals surface area contributed by atoms with Crippen LogP contribution in [0.2, 0.25) is 0 Å². The van der Waals surface area contributed by atoms with Crippen LogP contribution in [0, 0.1) is 6.92 Å². The Bertz CT molecular complexity index is 987. The van der Waals surface area contributed by atoms with Gasteiger partial charge in [0, 0.05) is 11.0 Å². The molecule has 3 rings (SSSR count). The summed E-state index contributed by atoms with van der Waals surface area (Å²) in [4.78, 5) is 12.4. The number of rotatable bonds is 5.